The third kappa shape index (κ3) is 3.03. The van der Waals surface area contributed by atoms with E-state index in [1.54, 1.807) is 0 Å². The summed E-state index contributed by atoms with van der Waals surface area (Å²) in [5.74, 6) is 1.67. The molecule has 0 saturated heterocycles. The fraction of sp³-hybridized carbons (Fsp3) is 1.00. The van der Waals surface area contributed by atoms with Gasteiger partial charge in [-0.2, -0.15) is 0 Å². The van der Waals surface area contributed by atoms with Crippen molar-refractivity contribution in [1.82, 2.24) is 4.90 Å². The molecule has 3 atom stereocenters. The Morgan fingerprint density at radius 2 is 1.82 bits per heavy atom. The summed E-state index contributed by atoms with van der Waals surface area (Å²) in [5.41, 5.74) is 6.42. The van der Waals surface area contributed by atoms with Crippen molar-refractivity contribution in [2.45, 2.75) is 71.4 Å². The number of hydrogen-bond acceptors (Lipinski definition) is 2. The lowest BCUT2D eigenvalue weighted by Gasteiger charge is -2.50. The van der Waals surface area contributed by atoms with Crippen LogP contribution in [0.2, 0.25) is 0 Å². The molecule has 17 heavy (non-hydrogen) atoms. The molecule has 1 saturated carbocycles. The fourth-order valence-electron chi connectivity index (χ4n) is 3.56. The number of rotatable bonds is 5. The van der Waals surface area contributed by atoms with E-state index in [1.165, 1.54) is 32.1 Å². The van der Waals surface area contributed by atoms with E-state index in [0.717, 1.165) is 18.4 Å². The van der Waals surface area contributed by atoms with Gasteiger partial charge in [-0.05, 0) is 51.0 Å². The van der Waals surface area contributed by atoms with Crippen molar-refractivity contribution in [2.24, 2.45) is 17.6 Å². The van der Waals surface area contributed by atoms with E-state index in [0.29, 0.717) is 6.04 Å². The molecule has 2 nitrogen and oxygen atoms in total. The highest BCUT2D eigenvalue weighted by molar-refractivity contribution is 4.98. The predicted octanol–water partition coefficient (Wildman–Crippen LogP) is 3.26. The SMILES string of the molecule is CCC(CC)N(C)C1(CN)CCC(C)C(C)C1. The van der Waals surface area contributed by atoms with Gasteiger partial charge >= 0.3 is 0 Å². The summed E-state index contributed by atoms with van der Waals surface area (Å²) in [4.78, 5) is 2.61. The molecule has 0 aromatic rings. The van der Waals surface area contributed by atoms with E-state index in [4.69, 9.17) is 5.73 Å². The van der Waals surface area contributed by atoms with Gasteiger partial charge in [0.25, 0.3) is 0 Å². The van der Waals surface area contributed by atoms with Crippen molar-refractivity contribution in [1.29, 1.82) is 0 Å². The lowest BCUT2D eigenvalue weighted by Crippen LogP contribution is -2.58. The highest BCUT2D eigenvalue weighted by atomic mass is 15.2. The molecule has 2 heteroatoms. The molecule has 0 bridgehead atoms. The van der Waals surface area contributed by atoms with Crippen LogP contribution < -0.4 is 5.73 Å². The number of hydrogen-bond donors (Lipinski definition) is 1. The van der Waals surface area contributed by atoms with Gasteiger partial charge < -0.3 is 5.73 Å². The first kappa shape index (κ1) is 15.0. The van der Waals surface area contributed by atoms with Gasteiger partial charge in [0.1, 0.15) is 0 Å². The van der Waals surface area contributed by atoms with Crippen LogP contribution in [0.4, 0.5) is 0 Å². The molecule has 0 aliphatic heterocycles. The minimum Gasteiger partial charge on any atom is -0.329 e. The van der Waals surface area contributed by atoms with Crippen LogP contribution in [0.25, 0.3) is 0 Å². The summed E-state index contributed by atoms with van der Waals surface area (Å²) in [5, 5.41) is 0. The van der Waals surface area contributed by atoms with Gasteiger partial charge in [0.05, 0.1) is 0 Å². The maximum atomic E-state index is 6.15. The van der Waals surface area contributed by atoms with Crippen molar-refractivity contribution >= 4 is 0 Å². The summed E-state index contributed by atoms with van der Waals surface area (Å²) in [6.07, 6.45) is 6.36. The van der Waals surface area contributed by atoms with Crippen LogP contribution in [0.3, 0.4) is 0 Å². The van der Waals surface area contributed by atoms with Gasteiger partial charge in [0.15, 0.2) is 0 Å². The summed E-state index contributed by atoms with van der Waals surface area (Å²) in [6.45, 7) is 10.2. The summed E-state index contributed by atoms with van der Waals surface area (Å²) >= 11 is 0. The Hall–Kier alpha value is -0.0800. The van der Waals surface area contributed by atoms with E-state index >= 15 is 0 Å². The first-order chi connectivity index (χ1) is 8.00. The van der Waals surface area contributed by atoms with Crippen LogP contribution in [0.1, 0.15) is 59.8 Å². The molecular formula is C15H32N2. The molecule has 0 aromatic carbocycles. The Kier molecular flexibility index (Phi) is 5.46. The van der Waals surface area contributed by atoms with E-state index in [-0.39, 0.29) is 5.54 Å². The molecule has 0 aromatic heterocycles. The Morgan fingerprint density at radius 1 is 1.24 bits per heavy atom. The van der Waals surface area contributed by atoms with Gasteiger partial charge in [0.2, 0.25) is 0 Å². The van der Waals surface area contributed by atoms with E-state index in [1.807, 2.05) is 0 Å². The smallest absolute Gasteiger partial charge is 0.0334 e. The number of nitrogens with two attached hydrogens (primary N) is 1. The first-order valence-corrected chi connectivity index (χ1v) is 7.43. The average molecular weight is 240 g/mol. The van der Waals surface area contributed by atoms with E-state index in [2.05, 4.69) is 39.6 Å². The van der Waals surface area contributed by atoms with Crippen LogP contribution in [0.15, 0.2) is 0 Å². The van der Waals surface area contributed by atoms with Gasteiger partial charge in [-0.15, -0.1) is 0 Å². The quantitative estimate of drug-likeness (QED) is 0.799. The van der Waals surface area contributed by atoms with Crippen LogP contribution >= 0.6 is 0 Å². The Balaban J connectivity index is 2.81. The van der Waals surface area contributed by atoms with E-state index in [9.17, 15) is 0 Å². The second-order valence-electron chi connectivity index (χ2n) is 6.21. The zero-order valence-corrected chi connectivity index (χ0v) is 12.5. The monoisotopic (exact) mass is 240 g/mol. The molecule has 102 valence electrons. The first-order valence-electron chi connectivity index (χ1n) is 7.43. The van der Waals surface area contributed by atoms with Gasteiger partial charge in [-0.3, -0.25) is 4.90 Å². The Labute approximate surface area is 108 Å². The van der Waals surface area contributed by atoms with Crippen LogP contribution in [0.5, 0.6) is 0 Å². The van der Waals surface area contributed by atoms with Gasteiger partial charge in [0, 0.05) is 18.1 Å². The second-order valence-corrected chi connectivity index (χ2v) is 6.21. The average Bonchev–Trinajstić information content (AvgIpc) is 2.34. The van der Waals surface area contributed by atoms with Crippen molar-refractivity contribution in [3.05, 3.63) is 0 Å². The maximum absolute atomic E-state index is 6.15. The van der Waals surface area contributed by atoms with Crippen LogP contribution in [-0.2, 0) is 0 Å². The normalized spacial score (nSPS) is 34.6. The molecule has 1 aliphatic rings. The predicted molar refractivity (Wildman–Crippen MR) is 76.1 cm³/mol. The second kappa shape index (κ2) is 6.19. The van der Waals surface area contributed by atoms with Crippen LogP contribution in [-0.4, -0.2) is 30.1 Å². The molecule has 3 unspecified atom stereocenters. The number of likely N-dealkylation sites (N-methyl/N-ethyl adjacent to an activating group) is 1. The summed E-state index contributed by atoms with van der Waals surface area (Å²) in [7, 11) is 2.30. The fourth-order valence-corrected chi connectivity index (χ4v) is 3.56. The lowest BCUT2D eigenvalue weighted by molar-refractivity contribution is 0.00837. The Morgan fingerprint density at radius 3 is 2.24 bits per heavy atom. The molecule has 0 radical (unpaired) electrons. The zero-order valence-electron chi connectivity index (χ0n) is 12.5. The molecule has 1 rings (SSSR count). The molecule has 0 amide bonds. The largest absolute Gasteiger partial charge is 0.329 e. The molecule has 0 heterocycles. The Bertz CT molecular complexity index is 225. The molecule has 1 aliphatic carbocycles. The third-order valence-electron chi connectivity index (χ3n) is 5.36. The minimum atomic E-state index is 0.266. The van der Waals surface area contributed by atoms with Gasteiger partial charge in [-0.25, -0.2) is 0 Å². The van der Waals surface area contributed by atoms with Crippen molar-refractivity contribution in [2.75, 3.05) is 13.6 Å². The molecule has 0 spiro atoms. The van der Waals surface area contributed by atoms with Gasteiger partial charge in [-0.1, -0.05) is 27.7 Å². The highest BCUT2D eigenvalue weighted by Crippen LogP contribution is 2.40. The highest BCUT2D eigenvalue weighted by Gasteiger charge is 2.41. The van der Waals surface area contributed by atoms with Crippen LogP contribution in [0, 0.1) is 11.8 Å². The third-order valence-corrected chi connectivity index (χ3v) is 5.36. The maximum Gasteiger partial charge on any atom is 0.0334 e. The standard InChI is InChI=1S/C15H32N2/c1-6-14(7-2)17(5)15(11-16)9-8-12(3)13(4)10-15/h12-14H,6-11,16H2,1-5H3. The van der Waals surface area contributed by atoms with E-state index < -0.39 is 0 Å². The lowest BCUT2D eigenvalue weighted by atomic mass is 9.70. The van der Waals surface area contributed by atoms with Crippen molar-refractivity contribution in [3.8, 4) is 0 Å². The topological polar surface area (TPSA) is 29.3 Å². The van der Waals surface area contributed by atoms with Crippen molar-refractivity contribution in [3.63, 3.8) is 0 Å². The summed E-state index contributed by atoms with van der Waals surface area (Å²) < 4.78 is 0. The molecule has 1 fully saturated rings. The molecule has 2 N–H and O–H groups in total. The minimum absolute atomic E-state index is 0.266. The summed E-state index contributed by atoms with van der Waals surface area (Å²) in [6, 6.07) is 0.694. The number of nitrogens with zero attached hydrogens (tertiary/aromatic N) is 1. The molecular weight excluding hydrogens is 208 g/mol. The zero-order chi connectivity index (χ0) is 13.1. The van der Waals surface area contributed by atoms with Crippen molar-refractivity contribution < 1.29 is 0 Å².